The molecule has 0 radical (unpaired) electrons. The molecule has 0 heterocycles. The fourth-order valence-electron chi connectivity index (χ4n) is 2.09. The molecule has 146 valence electrons. The summed E-state index contributed by atoms with van der Waals surface area (Å²) in [6, 6.07) is 9.56. The monoisotopic (exact) mass is 482 g/mol. The van der Waals surface area contributed by atoms with Gasteiger partial charge in [-0.25, -0.2) is 0 Å². The molecular formula is C18H18Cl3O3PS2. The van der Waals surface area contributed by atoms with Crippen LogP contribution in [0.1, 0.15) is 36.2 Å². The zero-order valence-corrected chi connectivity index (χ0v) is 19.5. The molecule has 3 nitrogen and oxygen atoms in total. The lowest BCUT2D eigenvalue weighted by Crippen LogP contribution is -2.02. The van der Waals surface area contributed by atoms with Crippen molar-refractivity contribution in [1.29, 1.82) is 0 Å². The first kappa shape index (κ1) is 23.0. The van der Waals surface area contributed by atoms with Gasteiger partial charge >= 0.3 is 0 Å². The van der Waals surface area contributed by atoms with Crippen molar-refractivity contribution in [1.82, 2.24) is 0 Å². The fraction of sp³-hybridized carbons (Fsp3) is 0.278. The molecule has 27 heavy (non-hydrogen) atoms. The van der Waals surface area contributed by atoms with Crippen LogP contribution in [-0.2, 0) is 16.3 Å². The highest BCUT2D eigenvalue weighted by molar-refractivity contribution is 8.68. The maximum atomic E-state index is 12.7. The van der Waals surface area contributed by atoms with Crippen molar-refractivity contribution in [2.45, 2.75) is 20.3 Å². The number of hydrogen-bond donors (Lipinski definition) is 0. The molecule has 9 heteroatoms. The molecule has 0 saturated heterocycles. The zero-order chi connectivity index (χ0) is 20.0. The Labute approximate surface area is 183 Å². The minimum absolute atomic E-state index is 0.216. The summed E-state index contributed by atoms with van der Waals surface area (Å²) in [4.78, 5) is 12.7. The van der Waals surface area contributed by atoms with Gasteiger partial charge in [0, 0.05) is 16.9 Å². The van der Waals surface area contributed by atoms with Crippen LogP contribution in [-0.4, -0.2) is 18.1 Å². The van der Waals surface area contributed by atoms with E-state index >= 15 is 0 Å². The van der Waals surface area contributed by atoms with Crippen molar-refractivity contribution in [2.75, 3.05) is 12.4 Å². The summed E-state index contributed by atoms with van der Waals surface area (Å²) in [5.41, 5.74) is -1.71. The van der Waals surface area contributed by atoms with E-state index < -0.39 is 5.69 Å². The van der Waals surface area contributed by atoms with Crippen molar-refractivity contribution in [2.24, 2.45) is 0 Å². The second-order valence-electron chi connectivity index (χ2n) is 5.39. The van der Waals surface area contributed by atoms with Crippen LogP contribution < -0.4 is 4.52 Å². The van der Waals surface area contributed by atoms with E-state index in [-0.39, 0.29) is 5.78 Å². The molecule has 0 saturated carbocycles. The van der Waals surface area contributed by atoms with Crippen LogP contribution in [0.25, 0.3) is 0 Å². The Bertz CT molecular complexity index is 877. The molecule has 0 aromatic heterocycles. The van der Waals surface area contributed by atoms with Gasteiger partial charge in [0.25, 0.3) is 5.69 Å². The zero-order valence-electron chi connectivity index (χ0n) is 14.7. The summed E-state index contributed by atoms with van der Waals surface area (Å²) >= 11 is 25.3. The van der Waals surface area contributed by atoms with Crippen molar-refractivity contribution < 1.29 is 13.8 Å². The summed E-state index contributed by atoms with van der Waals surface area (Å²) in [6.07, 6.45) is 0.963. The summed E-state index contributed by atoms with van der Waals surface area (Å²) in [5, 5.41) is 1.01. The number of benzene rings is 2. The molecule has 0 amide bonds. The standard InChI is InChI=1S/C18H18Cl3O3PS2/c1-3-9-27-25(26,23-4-2)24-17-8-6-13(11-16(17)21)18(22)12-5-7-14(19)15(20)10-12/h5-8,10-11H,3-4,9H2,1-2H3. The van der Waals surface area contributed by atoms with E-state index in [9.17, 15) is 4.79 Å². The number of hydrogen-bond acceptors (Lipinski definition) is 5. The van der Waals surface area contributed by atoms with Gasteiger partial charge in [-0.2, -0.15) is 0 Å². The van der Waals surface area contributed by atoms with E-state index in [0.717, 1.165) is 12.2 Å². The fourth-order valence-corrected chi connectivity index (χ4v) is 7.35. The van der Waals surface area contributed by atoms with Gasteiger partial charge in [-0.3, -0.25) is 4.79 Å². The largest absolute Gasteiger partial charge is 0.435 e. The number of halogens is 3. The lowest BCUT2D eigenvalue weighted by atomic mass is 10.0. The average molecular weight is 484 g/mol. The Morgan fingerprint density at radius 3 is 2.22 bits per heavy atom. The molecule has 0 aliphatic carbocycles. The number of carbonyl (C=O) groups excluding carboxylic acids is 1. The second kappa shape index (κ2) is 10.5. The van der Waals surface area contributed by atoms with Crippen molar-refractivity contribution in [3.8, 4) is 5.75 Å². The molecule has 0 N–H and O–H groups in total. The number of rotatable bonds is 9. The van der Waals surface area contributed by atoms with Crippen molar-refractivity contribution in [3.63, 3.8) is 0 Å². The topological polar surface area (TPSA) is 35.5 Å². The maximum absolute atomic E-state index is 12.7. The van der Waals surface area contributed by atoms with E-state index in [4.69, 9.17) is 55.7 Å². The molecule has 0 aliphatic heterocycles. The Balaban J connectivity index is 2.24. The summed E-state index contributed by atoms with van der Waals surface area (Å²) in [6.45, 7) is 4.39. The lowest BCUT2D eigenvalue weighted by molar-refractivity contribution is 0.103. The van der Waals surface area contributed by atoms with Crippen molar-refractivity contribution >= 4 is 69.5 Å². The van der Waals surface area contributed by atoms with Crippen LogP contribution in [0.3, 0.4) is 0 Å². The molecule has 0 spiro atoms. The quantitative estimate of drug-likeness (QED) is 0.270. The normalized spacial score (nSPS) is 13.2. The first-order valence-electron chi connectivity index (χ1n) is 8.17. The van der Waals surface area contributed by atoms with Crippen LogP contribution in [0, 0.1) is 0 Å². The first-order chi connectivity index (χ1) is 12.8. The van der Waals surface area contributed by atoms with Gasteiger partial charge in [0.15, 0.2) is 5.78 Å². The summed E-state index contributed by atoms with van der Waals surface area (Å²) < 4.78 is 11.6. The molecule has 0 bridgehead atoms. The van der Waals surface area contributed by atoms with Gasteiger partial charge in [0.2, 0.25) is 0 Å². The second-order valence-corrected chi connectivity index (χ2v) is 13.0. The third-order valence-electron chi connectivity index (χ3n) is 3.33. The van der Waals surface area contributed by atoms with E-state index in [0.29, 0.717) is 38.6 Å². The highest BCUT2D eigenvalue weighted by atomic mass is 35.5. The minimum atomic E-state index is -2.55. The van der Waals surface area contributed by atoms with E-state index in [1.807, 2.05) is 6.92 Å². The highest BCUT2D eigenvalue weighted by Gasteiger charge is 2.23. The number of ketones is 1. The van der Waals surface area contributed by atoms with Gasteiger partial charge in [0.05, 0.1) is 21.7 Å². The van der Waals surface area contributed by atoms with Crippen LogP contribution >= 0.6 is 51.9 Å². The molecular weight excluding hydrogens is 466 g/mol. The Morgan fingerprint density at radius 2 is 1.67 bits per heavy atom. The van der Waals surface area contributed by atoms with Crippen LogP contribution in [0.4, 0.5) is 0 Å². The minimum Gasteiger partial charge on any atom is -0.435 e. The molecule has 2 aromatic carbocycles. The van der Waals surface area contributed by atoms with Crippen LogP contribution in [0.5, 0.6) is 5.75 Å². The van der Waals surface area contributed by atoms with Gasteiger partial charge in [0.1, 0.15) is 5.75 Å². The third-order valence-corrected chi connectivity index (χ3v) is 9.79. The lowest BCUT2D eigenvalue weighted by Gasteiger charge is -2.22. The smallest absolute Gasteiger partial charge is 0.297 e. The van der Waals surface area contributed by atoms with Crippen LogP contribution in [0.15, 0.2) is 36.4 Å². The summed E-state index contributed by atoms with van der Waals surface area (Å²) in [7, 11) is 0. The SMILES string of the molecule is CCCSP(=S)(OCC)Oc1ccc(C(=O)c2ccc(Cl)c(Cl)c2)cc1Cl. The van der Waals surface area contributed by atoms with Gasteiger partial charge < -0.3 is 9.05 Å². The van der Waals surface area contributed by atoms with Gasteiger partial charge in [-0.15, -0.1) is 0 Å². The molecule has 2 aromatic rings. The average Bonchev–Trinajstić information content (AvgIpc) is 2.63. The molecule has 0 aliphatic rings. The molecule has 1 unspecified atom stereocenters. The molecule has 2 rings (SSSR count). The highest BCUT2D eigenvalue weighted by Crippen LogP contribution is 2.61. The van der Waals surface area contributed by atoms with E-state index in [1.54, 1.807) is 30.3 Å². The van der Waals surface area contributed by atoms with E-state index in [1.165, 1.54) is 17.4 Å². The maximum Gasteiger partial charge on any atom is 0.297 e. The Hall–Kier alpha value is -0.260. The molecule has 0 fully saturated rings. The first-order valence-corrected chi connectivity index (χ1v) is 13.5. The van der Waals surface area contributed by atoms with Crippen molar-refractivity contribution in [3.05, 3.63) is 62.6 Å². The molecule has 1 atom stereocenters. The van der Waals surface area contributed by atoms with Gasteiger partial charge in [-0.1, -0.05) is 53.1 Å². The third kappa shape index (κ3) is 6.37. The number of carbonyl (C=O) groups is 1. The Kier molecular flexibility index (Phi) is 8.95. The Morgan fingerprint density at radius 1 is 1.04 bits per heavy atom. The summed E-state index contributed by atoms with van der Waals surface area (Å²) in [5.74, 6) is 1.03. The van der Waals surface area contributed by atoms with E-state index in [2.05, 4.69) is 6.92 Å². The predicted molar refractivity (Wildman–Crippen MR) is 121 cm³/mol. The van der Waals surface area contributed by atoms with Gasteiger partial charge in [-0.05, 0) is 61.5 Å². The predicted octanol–water partition coefficient (Wildman–Crippen LogP) is 7.66. The van der Waals surface area contributed by atoms with Crippen LogP contribution in [0.2, 0.25) is 15.1 Å².